The van der Waals surface area contributed by atoms with Gasteiger partial charge in [0.2, 0.25) is 17.2 Å². The highest BCUT2D eigenvalue weighted by atomic mass is 35.5. The minimum atomic E-state index is -1.76. The molecule has 1 N–H and O–H groups in total. The first-order valence-electron chi connectivity index (χ1n) is 11.0. The van der Waals surface area contributed by atoms with Crippen LogP contribution in [0.5, 0.6) is 23.0 Å². The number of halogens is 1. The number of carbonyl (C=O) groups is 2. The van der Waals surface area contributed by atoms with Crippen molar-refractivity contribution in [2.24, 2.45) is 5.92 Å². The molecule has 5 rings (SSSR count). The second-order valence-electron chi connectivity index (χ2n) is 8.37. The van der Waals surface area contributed by atoms with Gasteiger partial charge in [0, 0.05) is 29.8 Å². The molecule has 186 valence electrons. The van der Waals surface area contributed by atoms with Crippen molar-refractivity contribution < 1.29 is 28.5 Å². The Hall–Kier alpha value is -4.12. The van der Waals surface area contributed by atoms with E-state index >= 15 is 0 Å². The molecule has 1 aromatic heterocycles. The number of carbonyl (C=O) groups excluding carboxylic acids is 2. The van der Waals surface area contributed by atoms with Gasteiger partial charge in [-0.05, 0) is 29.0 Å². The van der Waals surface area contributed by atoms with Gasteiger partial charge in [-0.15, -0.1) is 5.10 Å². The number of methoxy groups -OCH3 is 3. The molecule has 0 saturated carbocycles. The van der Waals surface area contributed by atoms with Crippen LogP contribution in [0, 0.1) is 5.92 Å². The number of Topliss-reactive ketones (excluding diaryl/α,β-unsaturated/α-hetero) is 1. The number of allylic oxidation sites excluding steroid dienone is 1. The van der Waals surface area contributed by atoms with Crippen LogP contribution in [0.15, 0.2) is 42.4 Å². The Balaban J connectivity index is 1.52. The largest absolute Gasteiger partial charge is 0.497 e. The molecule has 1 aliphatic heterocycles. The van der Waals surface area contributed by atoms with E-state index < -0.39 is 23.1 Å². The van der Waals surface area contributed by atoms with Crippen LogP contribution in [0.25, 0.3) is 5.69 Å². The Bertz CT molecular complexity index is 1410. The summed E-state index contributed by atoms with van der Waals surface area (Å²) in [6.07, 6.45) is 3.16. The molecule has 0 amide bonds. The lowest BCUT2D eigenvalue weighted by molar-refractivity contribution is -0.129. The Kier molecular flexibility index (Phi) is 5.79. The second kappa shape index (κ2) is 8.83. The zero-order valence-corrected chi connectivity index (χ0v) is 20.6. The van der Waals surface area contributed by atoms with Crippen LogP contribution in [-0.2, 0) is 4.79 Å². The molecule has 0 radical (unpaired) electrons. The summed E-state index contributed by atoms with van der Waals surface area (Å²) in [4.78, 5) is 27.2. The molecule has 0 bridgehead atoms. The molecule has 11 nitrogen and oxygen atoms in total. The summed E-state index contributed by atoms with van der Waals surface area (Å²) >= 11 is 6.45. The standard InChI is InChI=1S/C24H22ClN5O6/c1-12-7-13(27-15-9-14(33-2)5-6-16(15)30-11-26-28-29-30)8-19(31)24(12)23(32)20-17(34-3)10-18(35-4)21(25)22(20)36-24/h5-6,8-12,27H,7H2,1-4H3/t12-,24+/m1/s1. The monoisotopic (exact) mass is 511 g/mol. The van der Waals surface area contributed by atoms with E-state index in [0.717, 1.165) is 0 Å². The van der Waals surface area contributed by atoms with Gasteiger partial charge in [0.25, 0.3) is 0 Å². The predicted molar refractivity (Wildman–Crippen MR) is 128 cm³/mol. The van der Waals surface area contributed by atoms with Crippen molar-refractivity contribution in [3.63, 3.8) is 0 Å². The summed E-state index contributed by atoms with van der Waals surface area (Å²) in [6, 6.07) is 6.83. The minimum Gasteiger partial charge on any atom is -0.497 e. The quantitative estimate of drug-likeness (QED) is 0.492. The van der Waals surface area contributed by atoms with Crippen molar-refractivity contribution in [2.75, 3.05) is 26.6 Å². The van der Waals surface area contributed by atoms with Gasteiger partial charge >= 0.3 is 0 Å². The number of ether oxygens (including phenoxy) is 4. The number of aromatic nitrogens is 4. The molecular weight excluding hydrogens is 490 g/mol. The summed E-state index contributed by atoms with van der Waals surface area (Å²) < 4.78 is 23.6. The van der Waals surface area contributed by atoms with Crippen molar-refractivity contribution >= 4 is 28.9 Å². The van der Waals surface area contributed by atoms with Gasteiger partial charge in [-0.2, -0.15) is 4.68 Å². The first-order valence-corrected chi connectivity index (χ1v) is 11.3. The summed E-state index contributed by atoms with van der Waals surface area (Å²) in [5.74, 6) is -0.358. The van der Waals surface area contributed by atoms with Crippen molar-refractivity contribution in [1.82, 2.24) is 20.2 Å². The SMILES string of the molecule is COc1ccc(-n2cnnn2)c(NC2=CC(=O)[C@@]3(Oc4c(Cl)c(OC)cc(OC)c4C3=O)[C@H](C)C2)c1. The third kappa shape index (κ3) is 3.46. The summed E-state index contributed by atoms with van der Waals surface area (Å²) in [5.41, 5.74) is 0.210. The van der Waals surface area contributed by atoms with Gasteiger partial charge in [-0.25, -0.2) is 0 Å². The molecular formula is C24H22ClN5O6. The van der Waals surface area contributed by atoms with E-state index in [1.54, 1.807) is 32.2 Å². The Morgan fingerprint density at radius 2 is 1.92 bits per heavy atom. The van der Waals surface area contributed by atoms with Gasteiger partial charge in [-0.3, -0.25) is 9.59 Å². The Morgan fingerprint density at radius 3 is 2.56 bits per heavy atom. The molecule has 0 saturated heterocycles. The Morgan fingerprint density at radius 1 is 1.14 bits per heavy atom. The van der Waals surface area contributed by atoms with Crippen LogP contribution in [-0.4, -0.2) is 58.7 Å². The first-order chi connectivity index (χ1) is 17.3. The van der Waals surface area contributed by atoms with E-state index in [0.29, 0.717) is 29.2 Å². The molecule has 36 heavy (non-hydrogen) atoms. The topological polar surface area (TPSA) is 127 Å². The molecule has 0 fully saturated rings. The maximum atomic E-state index is 13.7. The van der Waals surface area contributed by atoms with Crippen molar-refractivity contribution in [1.29, 1.82) is 0 Å². The molecule has 2 atom stereocenters. The van der Waals surface area contributed by atoms with Gasteiger partial charge in [0.05, 0.1) is 32.7 Å². The third-order valence-electron chi connectivity index (χ3n) is 6.40. The summed E-state index contributed by atoms with van der Waals surface area (Å²) in [7, 11) is 4.42. The van der Waals surface area contributed by atoms with Crippen molar-refractivity contribution in [3.05, 3.63) is 53.0 Å². The highest BCUT2D eigenvalue weighted by Gasteiger charge is 2.60. The van der Waals surface area contributed by atoms with E-state index in [9.17, 15) is 9.59 Å². The number of anilines is 1. The molecule has 12 heteroatoms. The van der Waals surface area contributed by atoms with Crippen LogP contribution in [0.1, 0.15) is 23.7 Å². The lowest BCUT2D eigenvalue weighted by atomic mass is 9.74. The fourth-order valence-electron chi connectivity index (χ4n) is 4.60. The molecule has 2 aliphatic rings. The van der Waals surface area contributed by atoms with Crippen LogP contribution in [0.4, 0.5) is 5.69 Å². The van der Waals surface area contributed by atoms with Crippen molar-refractivity contribution in [3.8, 4) is 28.7 Å². The number of hydrogen-bond donors (Lipinski definition) is 1. The fourth-order valence-corrected chi connectivity index (χ4v) is 4.87. The number of fused-ring (bicyclic) bond motifs is 1. The second-order valence-corrected chi connectivity index (χ2v) is 8.75. The number of rotatable bonds is 6. The highest BCUT2D eigenvalue weighted by molar-refractivity contribution is 6.36. The van der Waals surface area contributed by atoms with E-state index in [1.165, 1.54) is 37.4 Å². The molecule has 2 heterocycles. The van der Waals surface area contributed by atoms with Crippen LogP contribution < -0.4 is 24.3 Å². The maximum Gasteiger partial charge on any atom is 0.236 e. The maximum absolute atomic E-state index is 13.7. The van der Waals surface area contributed by atoms with Gasteiger partial charge < -0.3 is 24.3 Å². The number of nitrogens with one attached hydrogen (secondary N) is 1. The van der Waals surface area contributed by atoms with Gasteiger partial charge in [0.15, 0.2) is 5.75 Å². The Labute approximate surface area is 210 Å². The fraction of sp³-hybridized carbons (Fsp3) is 0.292. The smallest absolute Gasteiger partial charge is 0.236 e. The summed E-state index contributed by atoms with van der Waals surface area (Å²) in [5, 5.41) is 14.7. The number of nitrogens with zero attached hydrogens (tertiary/aromatic N) is 4. The van der Waals surface area contributed by atoms with Gasteiger partial charge in [0.1, 0.15) is 34.2 Å². The third-order valence-corrected chi connectivity index (χ3v) is 6.76. The van der Waals surface area contributed by atoms with E-state index in [-0.39, 0.29) is 27.8 Å². The van der Waals surface area contributed by atoms with Crippen LogP contribution >= 0.6 is 11.6 Å². The minimum absolute atomic E-state index is 0.0802. The summed E-state index contributed by atoms with van der Waals surface area (Å²) in [6.45, 7) is 1.78. The van der Waals surface area contributed by atoms with Crippen LogP contribution in [0.3, 0.4) is 0 Å². The zero-order chi connectivity index (χ0) is 25.6. The number of tetrazole rings is 1. The molecule has 3 aromatic rings. The molecule has 2 aromatic carbocycles. The highest BCUT2D eigenvalue weighted by Crippen LogP contribution is 2.53. The number of benzene rings is 2. The van der Waals surface area contributed by atoms with Gasteiger partial charge in [-0.1, -0.05) is 18.5 Å². The average molecular weight is 512 g/mol. The average Bonchev–Trinajstić information content (AvgIpc) is 3.51. The molecule has 1 spiro atoms. The van der Waals surface area contributed by atoms with Crippen LogP contribution in [0.2, 0.25) is 5.02 Å². The zero-order valence-electron chi connectivity index (χ0n) is 19.9. The lowest BCUT2D eigenvalue weighted by Crippen LogP contribution is -2.55. The van der Waals surface area contributed by atoms with E-state index in [1.807, 2.05) is 0 Å². The first kappa shape index (κ1) is 23.6. The number of hydrogen-bond acceptors (Lipinski definition) is 10. The molecule has 0 unspecified atom stereocenters. The number of ketones is 2. The molecule has 1 aliphatic carbocycles. The van der Waals surface area contributed by atoms with Crippen molar-refractivity contribution in [2.45, 2.75) is 18.9 Å². The normalized spacial score (nSPS) is 20.6. The van der Waals surface area contributed by atoms with E-state index in [2.05, 4.69) is 20.8 Å². The van der Waals surface area contributed by atoms with E-state index in [4.69, 9.17) is 30.5 Å². The predicted octanol–water partition coefficient (Wildman–Crippen LogP) is 3.26. The lowest BCUT2D eigenvalue weighted by Gasteiger charge is -2.35.